The molecular formula is C17H22N2O2. The summed E-state index contributed by atoms with van der Waals surface area (Å²) in [6, 6.07) is 2.14. The molecule has 1 aromatic heterocycles. The summed E-state index contributed by atoms with van der Waals surface area (Å²) in [5.74, 6) is 5.99. The van der Waals surface area contributed by atoms with E-state index in [2.05, 4.69) is 30.7 Å². The predicted octanol–water partition coefficient (Wildman–Crippen LogP) is 2.08. The quantitative estimate of drug-likeness (QED) is 0.843. The fourth-order valence-electron chi connectivity index (χ4n) is 2.17. The van der Waals surface area contributed by atoms with Crippen LogP contribution in [0.5, 0.6) is 0 Å². The van der Waals surface area contributed by atoms with Crippen LogP contribution in [0.2, 0.25) is 0 Å². The van der Waals surface area contributed by atoms with Gasteiger partial charge in [-0.25, -0.2) is 0 Å². The molecule has 4 nitrogen and oxygen atoms in total. The monoisotopic (exact) mass is 286 g/mol. The lowest BCUT2D eigenvalue weighted by Gasteiger charge is -2.23. The van der Waals surface area contributed by atoms with Crippen molar-refractivity contribution < 1.29 is 9.90 Å². The lowest BCUT2D eigenvalue weighted by Crippen LogP contribution is -2.34. The minimum atomic E-state index is -0.194. The Hall–Kier alpha value is -1.86. The Morgan fingerprint density at radius 3 is 2.86 bits per heavy atom. The summed E-state index contributed by atoms with van der Waals surface area (Å²) < 4.78 is 0. The molecule has 1 aromatic rings. The van der Waals surface area contributed by atoms with E-state index in [0.29, 0.717) is 23.1 Å². The zero-order valence-electron chi connectivity index (χ0n) is 12.7. The van der Waals surface area contributed by atoms with E-state index >= 15 is 0 Å². The molecule has 1 fully saturated rings. The fraction of sp³-hybridized carbons (Fsp3) is 0.529. The minimum Gasteiger partial charge on any atom is -0.384 e. The molecule has 0 aliphatic heterocycles. The van der Waals surface area contributed by atoms with Crippen molar-refractivity contribution in [3.8, 4) is 11.8 Å². The van der Waals surface area contributed by atoms with E-state index < -0.39 is 0 Å². The predicted molar refractivity (Wildman–Crippen MR) is 81.7 cm³/mol. The summed E-state index contributed by atoms with van der Waals surface area (Å²) in [6.07, 6.45) is 6.41. The van der Waals surface area contributed by atoms with Gasteiger partial charge in [-0.05, 0) is 31.2 Å². The van der Waals surface area contributed by atoms with Gasteiger partial charge in [0.2, 0.25) is 0 Å². The molecule has 0 atom stereocenters. The number of aromatic nitrogens is 1. The first-order valence-electron chi connectivity index (χ1n) is 7.47. The first kappa shape index (κ1) is 15.5. The van der Waals surface area contributed by atoms with Crippen molar-refractivity contribution in [2.75, 3.05) is 13.2 Å². The average molecular weight is 286 g/mol. The second kappa shape index (κ2) is 7.24. The Kier molecular flexibility index (Phi) is 5.35. The third kappa shape index (κ3) is 4.57. The van der Waals surface area contributed by atoms with Gasteiger partial charge in [-0.2, -0.15) is 0 Å². The van der Waals surface area contributed by atoms with E-state index in [1.54, 1.807) is 18.5 Å². The number of aliphatic hydroxyl groups excluding tert-OH is 1. The highest BCUT2D eigenvalue weighted by Gasteiger charge is 2.32. The zero-order chi connectivity index (χ0) is 15.2. The van der Waals surface area contributed by atoms with Crippen molar-refractivity contribution in [2.24, 2.45) is 5.92 Å². The molecule has 0 unspecified atom stereocenters. The minimum absolute atomic E-state index is 0.0401. The van der Waals surface area contributed by atoms with Gasteiger partial charge < -0.3 is 10.0 Å². The highest BCUT2D eigenvalue weighted by atomic mass is 16.2. The summed E-state index contributed by atoms with van der Waals surface area (Å²) in [5, 5.41) is 8.73. The molecule has 0 aromatic carbocycles. The maximum Gasteiger partial charge on any atom is 0.255 e. The van der Waals surface area contributed by atoms with Crippen LogP contribution in [0.25, 0.3) is 0 Å². The fourth-order valence-corrected chi connectivity index (χ4v) is 2.17. The van der Waals surface area contributed by atoms with Gasteiger partial charge in [-0.15, -0.1) is 0 Å². The number of pyridine rings is 1. The summed E-state index contributed by atoms with van der Waals surface area (Å²) in [5.41, 5.74) is 1.24. The van der Waals surface area contributed by atoms with Crippen molar-refractivity contribution in [3.05, 3.63) is 29.6 Å². The molecular weight excluding hydrogens is 264 g/mol. The molecule has 0 spiro atoms. The van der Waals surface area contributed by atoms with Crippen molar-refractivity contribution in [2.45, 2.75) is 39.2 Å². The third-order valence-electron chi connectivity index (χ3n) is 3.49. The highest BCUT2D eigenvalue weighted by molar-refractivity contribution is 5.94. The van der Waals surface area contributed by atoms with Crippen LogP contribution >= 0.6 is 0 Å². The molecule has 1 heterocycles. The summed E-state index contributed by atoms with van der Waals surface area (Å²) in [7, 11) is 0. The van der Waals surface area contributed by atoms with Crippen molar-refractivity contribution >= 4 is 5.91 Å². The van der Waals surface area contributed by atoms with Crippen LogP contribution in [0.1, 0.15) is 49.0 Å². The molecule has 21 heavy (non-hydrogen) atoms. The van der Waals surface area contributed by atoms with Crippen LogP contribution in [-0.4, -0.2) is 40.1 Å². The van der Waals surface area contributed by atoms with Crippen molar-refractivity contribution in [1.29, 1.82) is 0 Å². The Bertz CT molecular complexity index is 553. The van der Waals surface area contributed by atoms with Gasteiger partial charge in [0.05, 0.1) is 5.56 Å². The maximum absolute atomic E-state index is 12.7. The van der Waals surface area contributed by atoms with E-state index in [1.807, 2.05) is 4.90 Å². The van der Waals surface area contributed by atoms with Gasteiger partial charge in [0.15, 0.2) is 0 Å². The molecule has 2 rings (SSSR count). The normalized spacial score (nSPS) is 13.7. The number of rotatable bonds is 5. The van der Waals surface area contributed by atoms with Crippen LogP contribution in [0.15, 0.2) is 18.5 Å². The Labute approximate surface area is 126 Å². The molecule has 1 N–H and O–H groups in total. The van der Waals surface area contributed by atoms with Crippen LogP contribution in [-0.2, 0) is 0 Å². The number of amides is 1. The second-order valence-electron chi connectivity index (χ2n) is 5.83. The van der Waals surface area contributed by atoms with Crippen LogP contribution in [0.3, 0.4) is 0 Å². The number of aliphatic hydroxyl groups is 1. The van der Waals surface area contributed by atoms with Gasteiger partial charge in [0.1, 0.15) is 6.61 Å². The Balaban J connectivity index is 2.12. The Morgan fingerprint density at radius 2 is 2.24 bits per heavy atom. The van der Waals surface area contributed by atoms with Gasteiger partial charge in [-0.3, -0.25) is 9.78 Å². The number of carbonyl (C=O) groups excluding carboxylic acids is 1. The number of carbonyl (C=O) groups is 1. The summed E-state index contributed by atoms with van der Waals surface area (Å²) in [4.78, 5) is 18.7. The molecule has 1 saturated carbocycles. The maximum atomic E-state index is 12.7. The molecule has 4 heteroatoms. The molecule has 1 aliphatic rings. The highest BCUT2D eigenvalue weighted by Crippen LogP contribution is 2.28. The number of hydrogen-bond donors (Lipinski definition) is 1. The molecule has 0 saturated heterocycles. The Morgan fingerprint density at radius 1 is 1.48 bits per heavy atom. The zero-order valence-corrected chi connectivity index (χ0v) is 12.7. The third-order valence-corrected chi connectivity index (χ3v) is 3.49. The van der Waals surface area contributed by atoms with Gasteiger partial charge >= 0.3 is 0 Å². The van der Waals surface area contributed by atoms with E-state index in [4.69, 9.17) is 5.11 Å². The van der Waals surface area contributed by atoms with E-state index in [1.165, 1.54) is 0 Å². The van der Waals surface area contributed by atoms with E-state index in [0.717, 1.165) is 25.8 Å². The van der Waals surface area contributed by atoms with Crippen LogP contribution < -0.4 is 0 Å². The standard InChI is InChI=1S/C17H22N2O2/c1-13(2)7-8-19(16-5-6-16)17(21)15-10-14(4-3-9-20)11-18-12-15/h10-13,16,20H,5-9H2,1-2H3. The molecule has 0 bridgehead atoms. The van der Waals surface area contributed by atoms with Gasteiger partial charge in [0, 0.05) is 30.5 Å². The van der Waals surface area contributed by atoms with Gasteiger partial charge in [0.25, 0.3) is 5.91 Å². The first-order chi connectivity index (χ1) is 10.1. The SMILES string of the molecule is CC(C)CCN(C(=O)c1cncc(C#CCO)c1)C1CC1. The lowest BCUT2D eigenvalue weighted by atomic mass is 10.1. The number of nitrogens with zero attached hydrogens (tertiary/aromatic N) is 2. The number of hydrogen-bond acceptors (Lipinski definition) is 3. The van der Waals surface area contributed by atoms with Crippen molar-refractivity contribution in [1.82, 2.24) is 9.88 Å². The van der Waals surface area contributed by atoms with Crippen LogP contribution in [0, 0.1) is 17.8 Å². The van der Waals surface area contributed by atoms with E-state index in [9.17, 15) is 4.79 Å². The topological polar surface area (TPSA) is 53.4 Å². The second-order valence-corrected chi connectivity index (χ2v) is 5.83. The first-order valence-corrected chi connectivity index (χ1v) is 7.47. The van der Waals surface area contributed by atoms with E-state index in [-0.39, 0.29) is 12.5 Å². The van der Waals surface area contributed by atoms with Crippen LogP contribution in [0.4, 0.5) is 0 Å². The smallest absolute Gasteiger partial charge is 0.255 e. The molecule has 1 aliphatic carbocycles. The molecule has 1 amide bonds. The summed E-state index contributed by atoms with van der Waals surface area (Å²) >= 11 is 0. The molecule has 0 radical (unpaired) electrons. The largest absolute Gasteiger partial charge is 0.384 e. The van der Waals surface area contributed by atoms with Crippen molar-refractivity contribution in [3.63, 3.8) is 0 Å². The molecule has 112 valence electrons. The summed E-state index contributed by atoms with van der Waals surface area (Å²) in [6.45, 7) is 4.94. The van der Waals surface area contributed by atoms with Gasteiger partial charge in [-0.1, -0.05) is 25.7 Å². The average Bonchev–Trinajstić information content (AvgIpc) is 3.30. The lowest BCUT2D eigenvalue weighted by molar-refractivity contribution is 0.0735.